The molecule has 17 heavy (non-hydrogen) atoms. The van der Waals surface area contributed by atoms with Crippen molar-refractivity contribution in [1.82, 2.24) is 0 Å². The summed E-state index contributed by atoms with van der Waals surface area (Å²) < 4.78 is 0. The molecule has 0 radical (unpaired) electrons. The maximum atomic E-state index is 2.51. The van der Waals surface area contributed by atoms with Crippen LogP contribution in [0.2, 0.25) is 0 Å². The van der Waals surface area contributed by atoms with Gasteiger partial charge in [-0.25, -0.2) is 0 Å². The molecule has 100 valence electrons. The van der Waals surface area contributed by atoms with E-state index >= 15 is 0 Å². The molecular formula is C17H32. The average molecular weight is 236 g/mol. The summed E-state index contributed by atoms with van der Waals surface area (Å²) >= 11 is 0. The first-order chi connectivity index (χ1) is 8.06. The Morgan fingerprint density at radius 3 is 2.41 bits per heavy atom. The van der Waals surface area contributed by atoms with Crippen LogP contribution in [-0.4, -0.2) is 0 Å². The Kier molecular flexibility index (Phi) is 6.30. The normalized spacial score (nSPS) is 21.5. The quantitative estimate of drug-likeness (QED) is 0.477. The van der Waals surface area contributed by atoms with E-state index < -0.39 is 0 Å². The van der Waals surface area contributed by atoms with Crippen LogP contribution in [0.25, 0.3) is 0 Å². The fraction of sp³-hybridized carbons (Fsp3) is 0.882. The lowest BCUT2D eigenvalue weighted by Crippen LogP contribution is -2.19. The van der Waals surface area contributed by atoms with Crippen molar-refractivity contribution in [3.8, 4) is 0 Å². The first-order valence-electron chi connectivity index (χ1n) is 7.72. The van der Waals surface area contributed by atoms with Crippen molar-refractivity contribution in [1.29, 1.82) is 0 Å². The molecule has 0 saturated heterocycles. The number of hydrogen-bond acceptors (Lipinski definition) is 0. The van der Waals surface area contributed by atoms with Crippen LogP contribution in [0.3, 0.4) is 0 Å². The molecule has 0 N–H and O–H groups in total. The molecule has 1 saturated carbocycles. The summed E-state index contributed by atoms with van der Waals surface area (Å²) in [5.74, 6) is 1.73. The predicted octanol–water partition coefficient (Wildman–Crippen LogP) is 5.98. The van der Waals surface area contributed by atoms with Gasteiger partial charge in [0.2, 0.25) is 0 Å². The minimum Gasteiger partial charge on any atom is -0.0877 e. The van der Waals surface area contributed by atoms with Gasteiger partial charge in [0.25, 0.3) is 0 Å². The fourth-order valence-electron chi connectivity index (χ4n) is 3.43. The zero-order chi connectivity index (χ0) is 12.7. The van der Waals surface area contributed by atoms with E-state index in [-0.39, 0.29) is 0 Å². The maximum absolute atomic E-state index is 2.51. The molecule has 0 aromatic carbocycles. The molecule has 1 aliphatic rings. The van der Waals surface area contributed by atoms with Gasteiger partial charge < -0.3 is 0 Å². The van der Waals surface area contributed by atoms with Gasteiger partial charge in [0, 0.05) is 0 Å². The van der Waals surface area contributed by atoms with E-state index in [1.165, 1.54) is 51.4 Å². The zero-order valence-electron chi connectivity index (χ0n) is 12.5. The number of hydrogen-bond donors (Lipinski definition) is 0. The topological polar surface area (TPSA) is 0 Å². The smallest absolute Gasteiger partial charge is 0.0289 e. The molecule has 0 heterocycles. The number of rotatable bonds is 7. The van der Waals surface area contributed by atoms with Crippen LogP contribution >= 0.6 is 0 Å². The van der Waals surface area contributed by atoms with Gasteiger partial charge in [0.1, 0.15) is 0 Å². The summed E-state index contributed by atoms with van der Waals surface area (Å²) in [4.78, 5) is 0. The van der Waals surface area contributed by atoms with Crippen molar-refractivity contribution in [2.24, 2.45) is 17.3 Å². The molecule has 1 rings (SSSR count). The van der Waals surface area contributed by atoms with Gasteiger partial charge in [0.15, 0.2) is 0 Å². The highest BCUT2D eigenvalue weighted by Crippen LogP contribution is 2.40. The lowest BCUT2D eigenvalue weighted by Gasteiger charge is -2.31. The molecule has 1 fully saturated rings. The van der Waals surface area contributed by atoms with Crippen molar-refractivity contribution < 1.29 is 0 Å². The molecule has 1 atom stereocenters. The Hall–Kier alpha value is -0.260. The van der Waals surface area contributed by atoms with E-state index in [2.05, 4.69) is 39.8 Å². The molecule has 0 spiro atoms. The van der Waals surface area contributed by atoms with Gasteiger partial charge >= 0.3 is 0 Å². The largest absolute Gasteiger partial charge is 0.0877 e. The highest BCUT2D eigenvalue weighted by Gasteiger charge is 2.27. The SMILES string of the molecule is CCCC(C)(C/C=C\C(C)C)CC1CCCC1. The Morgan fingerprint density at radius 2 is 1.88 bits per heavy atom. The Balaban J connectivity index is 2.47. The molecule has 1 unspecified atom stereocenters. The molecule has 0 bridgehead atoms. The highest BCUT2D eigenvalue weighted by molar-refractivity contribution is 4.92. The monoisotopic (exact) mass is 236 g/mol. The molecule has 0 aromatic rings. The second-order valence-corrected chi connectivity index (χ2v) is 6.79. The van der Waals surface area contributed by atoms with Gasteiger partial charge in [-0.15, -0.1) is 0 Å². The third-order valence-electron chi connectivity index (χ3n) is 4.24. The van der Waals surface area contributed by atoms with E-state index in [0.29, 0.717) is 11.3 Å². The van der Waals surface area contributed by atoms with E-state index in [1.54, 1.807) is 0 Å². The molecule has 0 amide bonds. The van der Waals surface area contributed by atoms with Gasteiger partial charge in [-0.05, 0) is 36.5 Å². The van der Waals surface area contributed by atoms with E-state index in [1.807, 2.05) is 0 Å². The van der Waals surface area contributed by atoms with Gasteiger partial charge in [-0.1, -0.05) is 72.0 Å². The van der Waals surface area contributed by atoms with Crippen molar-refractivity contribution in [3.05, 3.63) is 12.2 Å². The van der Waals surface area contributed by atoms with Crippen LogP contribution in [0.15, 0.2) is 12.2 Å². The molecule has 0 aliphatic heterocycles. The molecule has 0 nitrogen and oxygen atoms in total. The Morgan fingerprint density at radius 1 is 1.24 bits per heavy atom. The molecule has 1 aliphatic carbocycles. The van der Waals surface area contributed by atoms with Crippen LogP contribution in [-0.2, 0) is 0 Å². The lowest BCUT2D eigenvalue weighted by molar-refractivity contribution is 0.222. The van der Waals surface area contributed by atoms with Gasteiger partial charge in [-0.3, -0.25) is 0 Å². The lowest BCUT2D eigenvalue weighted by atomic mass is 9.74. The Bertz CT molecular complexity index is 220. The van der Waals surface area contributed by atoms with Crippen LogP contribution in [0.4, 0.5) is 0 Å². The second-order valence-electron chi connectivity index (χ2n) is 6.79. The van der Waals surface area contributed by atoms with Crippen molar-refractivity contribution in [2.45, 2.75) is 79.1 Å². The van der Waals surface area contributed by atoms with E-state index in [9.17, 15) is 0 Å². The van der Waals surface area contributed by atoms with E-state index in [4.69, 9.17) is 0 Å². The summed E-state index contributed by atoms with van der Waals surface area (Å²) in [5.41, 5.74) is 0.565. The molecule has 0 aromatic heterocycles. The minimum atomic E-state index is 0.565. The zero-order valence-corrected chi connectivity index (χ0v) is 12.5. The first kappa shape index (κ1) is 14.8. The van der Waals surface area contributed by atoms with E-state index in [0.717, 1.165) is 5.92 Å². The van der Waals surface area contributed by atoms with Crippen molar-refractivity contribution in [2.75, 3.05) is 0 Å². The summed E-state index contributed by atoms with van der Waals surface area (Å²) in [6, 6.07) is 0. The summed E-state index contributed by atoms with van der Waals surface area (Å²) in [5, 5.41) is 0. The Labute approximate surface area is 109 Å². The minimum absolute atomic E-state index is 0.565. The standard InChI is InChI=1S/C17H32/c1-5-12-17(4,13-8-9-15(2)3)14-16-10-6-7-11-16/h8-9,15-16H,5-7,10-14H2,1-4H3/b9-8-. The second kappa shape index (κ2) is 7.24. The fourth-order valence-corrected chi connectivity index (χ4v) is 3.43. The summed E-state index contributed by atoms with van der Waals surface area (Å²) in [6.45, 7) is 9.38. The maximum Gasteiger partial charge on any atom is -0.0289 e. The van der Waals surface area contributed by atoms with Gasteiger partial charge in [0.05, 0.1) is 0 Å². The van der Waals surface area contributed by atoms with Crippen LogP contribution in [0, 0.1) is 17.3 Å². The predicted molar refractivity (Wildman–Crippen MR) is 78.2 cm³/mol. The summed E-state index contributed by atoms with van der Waals surface area (Å²) in [7, 11) is 0. The van der Waals surface area contributed by atoms with Crippen LogP contribution in [0.1, 0.15) is 79.1 Å². The first-order valence-corrected chi connectivity index (χ1v) is 7.72. The number of allylic oxidation sites excluding steroid dienone is 2. The van der Waals surface area contributed by atoms with Crippen molar-refractivity contribution >= 4 is 0 Å². The molecule has 0 heteroatoms. The van der Waals surface area contributed by atoms with Crippen molar-refractivity contribution in [3.63, 3.8) is 0 Å². The van der Waals surface area contributed by atoms with Crippen LogP contribution in [0.5, 0.6) is 0 Å². The summed E-state index contributed by atoms with van der Waals surface area (Å²) in [6.07, 6.45) is 16.2. The third kappa shape index (κ3) is 5.75. The third-order valence-corrected chi connectivity index (χ3v) is 4.24. The van der Waals surface area contributed by atoms with Crippen LogP contribution < -0.4 is 0 Å². The molecular weight excluding hydrogens is 204 g/mol. The highest BCUT2D eigenvalue weighted by atomic mass is 14.3. The van der Waals surface area contributed by atoms with Gasteiger partial charge in [-0.2, -0.15) is 0 Å². The average Bonchev–Trinajstić information content (AvgIpc) is 2.69.